The van der Waals surface area contributed by atoms with Crippen LogP contribution in [0.15, 0.2) is 47.1 Å². The highest BCUT2D eigenvalue weighted by Crippen LogP contribution is 2.26. The van der Waals surface area contributed by atoms with Crippen molar-refractivity contribution >= 4 is 37.3 Å². The van der Waals surface area contributed by atoms with Gasteiger partial charge in [-0.05, 0) is 45.8 Å². The molecule has 0 aliphatic heterocycles. The summed E-state index contributed by atoms with van der Waals surface area (Å²) in [6.45, 7) is 0. The van der Waals surface area contributed by atoms with E-state index in [2.05, 4.69) is 26.2 Å². The van der Waals surface area contributed by atoms with Crippen molar-refractivity contribution < 1.29 is 8.42 Å². The SMILES string of the molecule is CS(=O)(=O)Cc1ccc(Nc2ccccn2)c(Br)c1. The number of nitrogens with one attached hydrogen (secondary N) is 1. The van der Waals surface area contributed by atoms with Gasteiger partial charge in [0, 0.05) is 16.9 Å². The zero-order chi connectivity index (χ0) is 13.9. The van der Waals surface area contributed by atoms with Crippen molar-refractivity contribution in [3.8, 4) is 0 Å². The molecule has 0 radical (unpaired) electrons. The second kappa shape index (κ2) is 5.71. The lowest BCUT2D eigenvalue weighted by Crippen LogP contribution is -2.01. The molecular formula is C13H13BrN2O2S. The summed E-state index contributed by atoms with van der Waals surface area (Å²) in [5, 5.41) is 3.15. The minimum absolute atomic E-state index is 0.0372. The first kappa shape index (κ1) is 14.0. The Morgan fingerprint density at radius 2 is 2.05 bits per heavy atom. The van der Waals surface area contributed by atoms with E-state index < -0.39 is 9.84 Å². The van der Waals surface area contributed by atoms with Crippen molar-refractivity contribution in [2.24, 2.45) is 0 Å². The fourth-order valence-electron chi connectivity index (χ4n) is 1.63. The molecule has 0 bridgehead atoms. The Labute approximate surface area is 120 Å². The standard InChI is InChI=1S/C13H13BrN2O2S/c1-19(17,18)9-10-5-6-12(11(14)8-10)16-13-4-2-3-7-15-13/h2-8H,9H2,1H3,(H,15,16). The number of halogens is 1. The third-order valence-electron chi connectivity index (χ3n) is 2.39. The van der Waals surface area contributed by atoms with Crippen LogP contribution in [0.5, 0.6) is 0 Å². The molecule has 0 spiro atoms. The summed E-state index contributed by atoms with van der Waals surface area (Å²) in [4.78, 5) is 4.17. The Bertz CT molecular complexity index is 672. The topological polar surface area (TPSA) is 59.1 Å². The summed E-state index contributed by atoms with van der Waals surface area (Å²) in [5.74, 6) is 0.772. The summed E-state index contributed by atoms with van der Waals surface area (Å²) in [6.07, 6.45) is 2.93. The van der Waals surface area contributed by atoms with E-state index in [1.165, 1.54) is 6.26 Å². The number of rotatable bonds is 4. The number of aromatic nitrogens is 1. The van der Waals surface area contributed by atoms with Crippen molar-refractivity contribution in [1.82, 2.24) is 4.98 Å². The maximum absolute atomic E-state index is 11.2. The minimum atomic E-state index is -3.02. The highest BCUT2D eigenvalue weighted by Gasteiger charge is 2.07. The summed E-state index contributed by atoms with van der Waals surface area (Å²) >= 11 is 3.43. The normalized spacial score (nSPS) is 11.3. The number of sulfone groups is 1. The van der Waals surface area contributed by atoms with Gasteiger partial charge in [0.1, 0.15) is 5.82 Å². The predicted molar refractivity (Wildman–Crippen MR) is 80.2 cm³/mol. The van der Waals surface area contributed by atoms with E-state index in [9.17, 15) is 8.42 Å². The Hall–Kier alpha value is -1.40. The average molecular weight is 341 g/mol. The van der Waals surface area contributed by atoms with Crippen LogP contribution in [0.3, 0.4) is 0 Å². The number of anilines is 2. The molecule has 1 aromatic carbocycles. The van der Waals surface area contributed by atoms with Gasteiger partial charge in [-0.3, -0.25) is 0 Å². The Morgan fingerprint density at radius 3 is 2.63 bits per heavy atom. The summed E-state index contributed by atoms with van der Waals surface area (Å²) < 4.78 is 23.3. The largest absolute Gasteiger partial charge is 0.339 e. The third kappa shape index (κ3) is 4.33. The van der Waals surface area contributed by atoms with Gasteiger partial charge in [-0.2, -0.15) is 0 Å². The lowest BCUT2D eigenvalue weighted by Gasteiger charge is -2.09. The quantitative estimate of drug-likeness (QED) is 0.928. The summed E-state index contributed by atoms with van der Waals surface area (Å²) in [5.41, 5.74) is 1.59. The van der Waals surface area contributed by atoms with Crippen molar-refractivity contribution in [1.29, 1.82) is 0 Å². The maximum atomic E-state index is 11.2. The third-order valence-corrected chi connectivity index (χ3v) is 3.90. The maximum Gasteiger partial charge on any atom is 0.151 e. The highest BCUT2D eigenvalue weighted by molar-refractivity contribution is 9.10. The van der Waals surface area contributed by atoms with Crippen LogP contribution in [0, 0.1) is 0 Å². The van der Waals surface area contributed by atoms with E-state index in [-0.39, 0.29) is 5.75 Å². The van der Waals surface area contributed by atoms with E-state index in [0.29, 0.717) is 0 Å². The molecule has 0 unspecified atom stereocenters. The molecule has 0 saturated heterocycles. The molecule has 0 saturated carbocycles. The molecule has 19 heavy (non-hydrogen) atoms. The fourth-order valence-corrected chi connectivity index (χ4v) is 2.94. The first-order valence-corrected chi connectivity index (χ1v) is 8.43. The van der Waals surface area contributed by atoms with Gasteiger partial charge in [0.15, 0.2) is 9.84 Å². The molecule has 6 heteroatoms. The monoisotopic (exact) mass is 340 g/mol. The lowest BCUT2D eigenvalue weighted by molar-refractivity contribution is 0.601. The van der Waals surface area contributed by atoms with Gasteiger partial charge in [0.25, 0.3) is 0 Å². The smallest absolute Gasteiger partial charge is 0.151 e. The van der Waals surface area contributed by atoms with E-state index in [1.807, 2.05) is 24.3 Å². The molecule has 0 aliphatic rings. The molecule has 2 rings (SSSR count). The Morgan fingerprint density at radius 1 is 1.26 bits per heavy atom. The van der Waals surface area contributed by atoms with Gasteiger partial charge < -0.3 is 5.32 Å². The molecule has 0 atom stereocenters. The fraction of sp³-hybridized carbons (Fsp3) is 0.154. The number of hydrogen-bond donors (Lipinski definition) is 1. The van der Waals surface area contributed by atoms with Crippen LogP contribution in [0.2, 0.25) is 0 Å². The molecule has 1 N–H and O–H groups in total. The molecule has 1 aromatic heterocycles. The van der Waals surface area contributed by atoms with Crippen molar-refractivity contribution in [2.45, 2.75) is 5.75 Å². The van der Waals surface area contributed by atoms with E-state index in [0.717, 1.165) is 21.5 Å². The Balaban J connectivity index is 2.20. The molecular weight excluding hydrogens is 328 g/mol. The second-order valence-electron chi connectivity index (χ2n) is 4.22. The van der Waals surface area contributed by atoms with E-state index >= 15 is 0 Å². The zero-order valence-corrected chi connectivity index (χ0v) is 12.7. The zero-order valence-electron chi connectivity index (χ0n) is 10.3. The summed E-state index contributed by atoms with van der Waals surface area (Å²) in [6, 6.07) is 11.0. The Kier molecular flexibility index (Phi) is 4.21. The first-order valence-electron chi connectivity index (χ1n) is 5.58. The molecule has 0 aliphatic carbocycles. The predicted octanol–water partition coefficient (Wildman–Crippen LogP) is 3.13. The number of hydrogen-bond acceptors (Lipinski definition) is 4. The lowest BCUT2D eigenvalue weighted by atomic mass is 10.2. The van der Waals surface area contributed by atoms with Crippen molar-refractivity contribution in [2.75, 3.05) is 11.6 Å². The van der Waals surface area contributed by atoms with Crippen LogP contribution in [0.25, 0.3) is 0 Å². The van der Waals surface area contributed by atoms with Crippen LogP contribution in [-0.2, 0) is 15.6 Å². The number of nitrogens with zero attached hydrogens (tertiary/aromatic N) is 1. The highest BCUT2D eigenvalue weighted by atomic mass is 79.9. The molecule has 1 heterocycles. The molecule has 2 aromatic rings. The van der Waals surface area contributed by atoms with Crippen LogP contribution in [0.1, 0.15) is 5.56 Å². The number of benzene rings is 1. The molecule has 0 fully saturated rings. The van der Waals surface area contributed by atoms with Gasteiger partial charge in [-0.15, -0.1) is 0 Å². The van der Waals surface area contributed by atoms with E-state index in [4.69, 9.17) is 0 Å². The van der Waals surface area contributed by atoms with Crippen LogP contribution < -0.4 is 5.32 Å². The van der Waals surface area contributed by atoms with Gasteiger partial charge in [-0.1, -0.05) is 12.1 Å². The molecule has 100 valence electrons. The first-order chi connectivity index (χ1) is 8.94. The minimum Gasteiger partial charge on any atom is -0.339 e. The number of pyridine rings is 1. The average Bonchev–Trinajstić information content (AvgIpc) is 2.32. The van der Waals surface area contributed by atoms with Crippen molar-refractivity contribution in [3.05, 3.63) is 52.6 Å². The van der Waals surface area contributed by atoms with Gasteiger partial charge >= 0.3 is 0 Å². The van der Waals surface area contributed by atoms with Crippen LogP contribution in [-0.4, -0.2) is 19.7 Å². The van der Waals surface area contributed by atoms with Crippen molar-refractivity contribution in [3.63, 3.8) is 0 Å². The van der Waals surface area contributed by atoms with Crippen LogP contribution >= 0.6 is 15.9 Å². The van der Waals surface area contributed by atoms with Crippen LogP contribution in [0.4, 0.5) is 11.5 Å². The summed E-state index contributed by atoms with van der Waals surface area (Å²) in [7, 11) is -3.02. The van der Waals surface area contributed by atoms with Gasteiger partial charge in [0.05, 0.1) is 11.4 Å². The van der Waals surface area contributed by atoms with Gasteiger partial charge in [0.2, 0.25) is 0 Å². The molecule has 4 nitrogen and oxygen atoms in total. The molecule has 0 amide bonds. The second-order valence-corrected chi connectivity index (χ2v) is 7.22. The van der Waals surface area contributed by atoms with E-state index in [1.54, 1.807) is 18.3 Å². The van der Waals surface area contributed by atoms with Gasteiger partial charge in [-0.25, -0.2) is 13.4 Å².